The lowest BCUT2D eigenvalue weighted by Crippen LogP contribution is -2.52. The third-order valence-corrected chi connectivity index (χ3v) is 4.83. The monoisotopic (exact) mass is 368 g/mol. The van der Waals surface area contributed by atoms with Crippen molar-refractivity contribution in [3.8, 4) is 16.9 Å². The zero-order chi connectivity index (χ0) is 19.4. The fourth-order valence-electron chi connectivity index (χ4n) is 3.26. The predicted molar refractivity (Wildman–Crippen MR) is 103 cm³/mol. The second-order valence-electron chi connectivity index (χ2n) is 6.54. The number of piperazine rings is 1. The molecule has 0 saturated carbocycles. The number of hydrogen-bond acceptors (Lipinski definition) is 5. The first-order valence-electron chi connectivity index (χ1n) is 8.93. The average molecular weight is 368 g/mol. The molecule has 1 N–H and O–H groups in total. The Labute approximate surface area is 159 Å². The molecule has 6 nitrogen and oxygen atoms in total. The van der Waals surface area contributed by atoms with Crippen LogP contribution in [0.4, 0.5) is 0 Å². The molecule has 0 bridgehead atoms. The van der Waals surface area contributed by atoms with Crippen LogP contribution >= 0.6 is 0 Å². The maximum Gasteiger partial charge on any atom is 0.341 e. The van der Waals surface area contributed by atoms with Crippen LogP contribution in [0.3, 0.4) is 0 Å². The van der Waals surface area contributed by atoms with Gasteiger partial charge in [-0.2, -0.15) is 0 Å². The largest absolute Gasteiger partial charge is 0.496 e. The molecule has 0 aromatic heterocycles. The summed E-state index contributed by atoms with van der Waals surface area (Å²) in [6, 6.07) is 13.0. The molecule has 0 radical (unpaired) electrons. The van der Waals surface area contributed by atoms with Gasteiger partial charge in [0, 0.05) is 31.2 Å². The van der Waals surface area contributed by atoms with E-state index < -0.39 is 5.97 Å². The van der Waals surface area contributed by atoms with Gasteiger partial charge in [0.25, 0.3) is 5.91 Å². The van der Waals surface area contributed by atoms with Crippen molar-refractivity contribution in [2.75, 3.05) is 33.9 Å². The molecule has 1 heterocycles. The second kappa shape index (κ2) is 8.22. The normalized spacial score (nSPS) is 16.7. The minimum atomic E-state index is -0.440. The number of rotatable bonds is 4. The first kappa shape index (κ1) is 18.9. The smallest absolute Gasteiger partial charge is 0.341 e. The van der Waals surface area contributed by atoms with E-state index in [1.807, 2.05) is 42.2 Å². The number of carbonyl (C=O) groups is 2. The Balaban J connectivity index is 1.83. The summed E-state index contributed by atoms with van der Waals surface area (Å²) in [5.41, 5.74) is 2.89. The van der Waals surface area contributed by atoms with Crippen LogP contribution in [0.25, 0.3) is 11.1 Å². The maximum absolute atomic E-state index is 12.7. The lowest BCUT2D eigenvalue weighted by molar-refractivity contribution is 0.0596. The maximum atomic E-state index is 12.7. The first-order chi connectivity index (χ1) is 13.0. The molecule has 2 aromatic rings. The molecule has 27 heavy (non-hydrogen) atoms. The van der Waals surface area contributed by atoms with Crippen molar-refractivity contribution in [1.82, 2.24) is 10.2 Å². The molecule has 0 spiro atoms. The van der Waals surface area contributed by atoms with Crippen molar-refractivity contribution >= 4 is 11.9 Å². The van der Waals surface area contributed by atoms with Gasteiger partial charge in [-0.1, -0.05) is 18.2 Å². The molecular formula is C21H24N2O4. The second-order valence-corrected chi connectivity index (χ2v) is 6.54. The Morgan fingerprint density at radius 1 is 1.07 bits per heavy atom. The molecule has 1 atom stereocenters. The topological polar surface area (TPSA) is 67.9 Å². The fraction of sp³-hybridized carbons (Fsp3) is 0.333. The number of hydrogen-bond donors (Lipinski definition) is 1. The van der Waals surface area contributed by atoms with E-state index in [2.05, 4.69) is 5.32 Å². The molecule has 1 aliphatic rings. The number of carbonyl (C=O) groups excluding carboxylic acids is 2. The SMILES string of the molecule is COC(=O)c1ccc(-c2ccc(C(=O)N3CCNCC3C)cc2)cc1OC. The summed E-state index contributed by atoms with van der Waals surface area (Å²) in [5.74, 6) is 0.0628. The van der Waals surface area contributed by atoms with Crippen LogP contribution in [0, 0.1) is 0 Å². The first-order valence-corrected chi connectivity index (χ1v) is 8.93. The minimum Gasteiger partial charge on any atom is -0.496 e. The number of methoxy groups -OCH3 is 2. The van der Waals surface area contributed by atoms with Crippen molar-refractivity contribution in [3.63, 3.8) is 0 Å². The van der Waals surface area contributed by atoms with Gasteiger partial charge < -0.3 is 19.7 Å². The summed E-state index contributed by atoms with van der Waals surface area (Å²) in [7, 11) is 2.85. The molecule has 2 aromatic carbocycles. The Bertz CT molecular complexity index is 833. The predicted octanol–water partition coefficient (Wildman–Crippen LogP) is 2.58. The van der Waals surface area contributed by atoms with E-state index in [0.29, 0.717) is 23.4 Å². The van der Waals surface area contributed by atoms with Crippen molar-refractivity contribution in [1.29, 1.82) is 0 Å². The molecule has 1 aliphatic heterocycles. The zero-order valence-corrected chi connectivity index (χ0v) is 15.8. The molecule has 142 valence electrons. The van der Waals surface area contributed by atoms with Crippen LogP contribution in [0.2, 0.25) is 0 Å². The summed E-state index contributed by atoms with van der Waals surface area (Å²) in [6.07, 6.45) is 0. The molecule has 1 fully saturated rings. The van der Waals surface area contributed by atoms with E-state index >= 15 is 0 Å². The average Bonchev–Trinajstić information content (AvgIpc) is 2.72. The third-order valence-electron chi connectivity index (χ3n) is 4.83. The van der Waals surface area contributed by atoms with Crippen LogP contribution in [0.5, 0.6) is 5.75 Å². The summed E-state index contributed by atoms with van der Waals surface area (Å²) >= 11 is 0. The number of esters is 1. The van der Waals surface area contributed by atoms with Crippen LogP contribution in [0.15, 0.2) is 42.5 Å². The van der Waals surface area contributed by atoms with E-state index in [-0.39, 0.29) is 11.9 Å². The highest BCUT2D eigenvalue weighted by atomic mass is 16.5. The van der Waals surface area contributed by atoms with E-state index in [1.54, 1.807) is 12.1 Å². The highest BCUT2D eigenvalue weighted by Crippen LogP contribution is 2.28. The molecule has 1 unspecified atom stereocenters. The number of nitrogens with one attached hydrogen (secondary N) is 1. The highest BCUT2D eigenvalue weighted by Gasteiger charge is 2.24. The minimum absolute atomic E-state index is 0.0502. The number of nitrogens with zero attached hydrogens (tertiary/aromatic N) is 1. The number of ether oxygens (including phenoxy) is 2. The third kappa shape index (κ3) is 3.95. The van der Waals surface area contributed by atoms with Crippen molar-refractivity contribution < 1.29 is 19.1 Å². The van der Waals surface area contributed by atoms with Crippen LogP contribution in [-0.4, -0.2) is 56.7 Å². The van der Waals surface area contributed by atoms with Gasteiger partial charge in [-0.05, 0) is 42.3 Å². The number of benzene rings is 2. The van der Waals surface area contributed by atoms with Gasteiger partial charge in [-0.15, -0.1) is 0 Å². The Hall–Kier alpha value is -2.86. The molecule has 1 amide bonds. The molecule has 6 heteroatoms. The van der Waals surface area contributed by atoms with E-state index in [4.69, 9.17) is 9.47 Å². The van der Waals surface area contributed by atoms with Crippen LogP contribution in [-0.2, 0) is 4.74 Å². The Morgan fingerprint density at radius 2 is 1.78 bits per heavy atom. The quantitative estimate of drug-likeness (QED) is 0.840. The lowest BCUT2D eigenvalue weighted by Gasteiger charge is -2.34. The Morgan fingerprint density at radius 3 is 2.41 bits per heavy atom. The summed E-state index contributed by atoms with van der Waals surface area (Å²) < 4.78 is 10.1. The number of amides is 1. The van der Waals surface area contributed by atoms with Gasteiger partial charge >= 0.3 is 5.97 Å². The van der Waals surface area contributed by atoms with Gasteiger partial charge in [-0.3, -0.25) is 4.79 Å². The lowest BCUT2D eigenvalue weighted by atomic mass is 10.0. The van der Waals surface area contributed by atoms with Crippen LogP contribution in [0.1, 0.15) is 27.6 Å². The summed E-state index contributed by atoms with van der Waals surface area (Å²) in [4.78, 5) is 26.4. The van der Waals surface area contributed by atoms with Gasteiger partial charge in [0.15, 0.2) is 0 Å². The van der Waals surface area contributed by atoms with Gasteiger partial charge in [-0.25, -0.2) is 4.79 Å². The van der Waals surface area contributed by atoms with Crippen molar-refractivity contribution in [3.05, 3.63) is 53.6 Å². The molecule has 1 saturated heterocycles. The van der Waals surface area contributed by atoms with E-state index in [9.17, 15) is 9.59 Å². The van der Waals surface area contributed by atoms with Crippen molar-refractivity contribution in [2.24, 2.45) is 0 Å². The molecular weight excluding hydrogens is 344 g/mol. The summed E-state index contributed by atoms with van der Waals surface area (Å²) in [6.45, 7) is 4.40. The fourth-order valence-corrected chi connectivity index (χ4v) is 3.26. The standard InChI is InChI=1S/C21H24N2O4/c1-14-13-22-10-11-23(14)20(24)16-6-4-15(5-7-16)17-8-9-18(21(25)27-3)19(12-17)26-2/h4-9,12,14,22H,10-11,13H2,1-3H3. The van der Waals surface area contributed by atoms with Gasteiger partial charge in [0.2, 0.25) is 0 Å². The molecule has 3 rings (SSSR count). The van der Waals surface area contributed by atoms with Crippen molar-refractivity contribution in [2.45, 2.75) is 13.0 Å². The molecule has 0 aliphatic carbocycles. The van der Waals surface area contributed by atoms with E-state index in [1.165, 1.54) is 14.2 Å². The van der Waals surface area contributed by atoms with E-state index in [0.717, 1.165) is 24.2 Å². The Kier molecular flexibility index (Phi) is 5.76. The van der Waals surface area contributed by atoms with Gasteiger partial charge in [0.05, 0.1) is 14.2 Å². The summed E-state index contributed by atoms with van der Waals surface area (Å²) in [5, 5.41) is 3.29. The highest BCUT2D eigenvalue weighted by molar-refractivity contribution is 5.95. The van der Waals surface area contributed by atoms with Crippen LogP contribution < -0.4 is 10.1 Å². The van der Waals surface area contributed by atoms with Gasteiger partial charge in [0.1, 0.15) is 11.3 Å². The zero-order valence-electron chi connectivity index (χ0n) is 15.8.